The molecule has 134 valence electrons. The predicted octanol–water partition coefficient (Wildman–Crippen LogP) is 1.47. The number of aliphatic hydroxyl groups excluding tert-OH is 1. The number of alkyl halides is 3. The van der Waals surface area contributed by atoms with Crippen LogP contribution in [0.2, 0.25) is 0 Å². The summed E-state index contributed by atoms with van der Waals surface area (Å²) in [5.74, 6) is -0.511. The largest absolute Gasteiger partial charge is 0.416 e. The van der Waals surface area contributed by atoms with Gasteiger partial charge in [0.15, 0.2) is 0 Å². The number of morpholine rings is 1. The van der Waals surface area contributed by atoms with Crippen molar-refractivity contribution in [3.63, 3.8) is 0 Å². The van der Waals surface area contributed by atoms with Crippen molar-refractivity contribution in [2.75, 3.05) is 52.5 Å². The van der Waals surface area contributed by atoms with E-state index in [1.165, 1.54) is 17.0 Å². The van der Waals surface area contributed by atoms with Crippen LogP contribution in [-0.2, 0) is 10.9 Å². The van der Waals surface area contributed by atoms with Gasteiger partial charge in [-0.2, -0.15) is 13.2 Å². The van der Waals surface area contributed by atoms with E-state index in [0.717, 1.165) is 25.2 Å². The molecular formula is C16H21F3N2O3. The molecule has 1 N–H and O–H groups in total. The van der Waals surface area contributed by atoms with Crippen LogP contribution in [0.1, 0.15) is 15.9 Å². The summed E-state index contributed by atoms with van der Waals surface area (Å²) in [5, 5.41) is 9.15. The second kappa shape index (κ2) is 8.46. The summed E-state index contributed by atoms with van der Waals surface area (Å²) in [7, 11) is 0. The van der Waals surface area contributed by atoms with Gasteiger partial charge in [-0.3, -0.25) is 9.69 Å². The SMILES string of the molecule is O=C(c1cccc(C(F)(F)F)c1)N(CCO)CCN1CCOCC1. The minimum atomic E-state index is -4.49. The minimum Gasteiger partial charge on any atom is -0.395 e. The first kappa shape index (κ1) is 18.7. The Bertz CT molecular complexity index is 546. The van der Waals surface area contributed by atoms with Crippen LogP contribution in [0, 0.1) is 0 Å². The zero-order chi connectivity index (χ0) is 17.6. The van der Waals surface area contributed by atoms with Gasteiger partial charge in [0.2, 0.25) is 0 Å². The number of rotatable bonds is 6. The van der Waals surface area contributed by atoms with Gasteiger partial charge in [-0.25, -0.2) is 0 Å². The number of halogens is 3. The number of ether oxygens (including phenoxy) is 1. The third-order valence-corrected chi connectivity index (χ3v) is 3.88. The first-order valence-electron chi connectivity index (χ1n) is 7.79. The van der Waals surface area contributed by atoms with Crippen LogP contribution >= 0.6 is 0 Å². The highest BCUT2D eigenvalue weighted by atomic mass is 19.4. The van der Waals surface area contributed by atoms with Gasteiger partial charge in [-0.1, -0.05) is 6.07 Å². The lowest BCUT2D eigenvalue weighted by Crippen LogP contribution is -2.43. The van der Waals surface area contributed by atoms with E-state index in [1.807, 2.05) is 0 Å². The number of hydrogen-bond donors (Lipinski definition) is 1. The van der Waals surface area contributed by atoms with Crippen LogP contribution in [0.15, 0.2) is 24.3 Å². The second-order valence-corrected chi connectivity index (χ2v) is 5.55. The third kappa shape index (κ3) is 5.19. The lowest BCUT2D eigenvalue weighted by atomic mass is 10.1. The van der Waals surface area contributed by atoms with Gasteiger partial charge in [-0.15, -0.1) is 0 Å². The third-order valence-electron chi connectivity index (χ3n) is 3.88. The van der Waals surface area contributed by atoms with E-state index < -0.39 is 17.6 Å². The molecule has 1 aliphatic heterocycles. The highest BCUT2D eigenvalue weighted by molar-refractivity contribution is 5.94. The Morgan fingerprint density at radius 3 is 2.58 bits per heavy atom. The summed E-state index contributed by atoms with van der Waals surface area (Å²) in [6.45, 7) is 3.54. The molecule has 5 nitrogen and oxygen atoms in total. The zero-order valence-electron chi connectivity index (χ0n) is 13.3. The predicted molar refractivity (Wildman–Crippen MR) is 81.7 cm³/mol. The molecule has 2 rings (SSSR count). The van der Waals surface area contributed by atoms with Crippen molar-refractivity contribution in [2.45, 2.75) is 6.18 Å². The maximum absolute atomic E-state index is 12.8. The molecular weight excluding hydrogens is 325 g/mol. The molecule has 1 heterocycles. The average Bonchev–Trinajstić information content (AvgIpc) is 2.58. The molecule has 0 bridgehead atoms. The standard InChI is InChI=1S/C16H21F3N2O3/c17-16(18,19)14-3-1-2-13(12-14)15(23)21(6-9-22)5-4-20-7-10-24-11-8-20/h1-3,12,22H,4-11H2. The molecule has 1 aromatic rings. The molecule has 0 aromatic heterocycles. The van der Waals surface area contributed by atoms with E-state index in [4.69, 9.17) is 9.84 Å². The highest BCUT2D eigenvalue weighted by Gasteiger charge is 2.31. The molecule has 0 unspecified atom stereocenters. The van der Waals surface area contributed by atoms with Crippen molar-refractivity contribution in [3.8, 4) is 0 Å². The number of hydrogen-bond acceptors (Lipinski definition) is 4. The fourth-order valence-corrected chi connectivity index (χ4v) is 2.53. The Morgan fingerprint density at radius 2 is 1.96 bits per heavy atom. The van der Waals surface area contributed by atoms with Crippen molar-refractivity contribution < 1.29 is 27.8 Å². The van der Waals surface area contributed by atoms with Crippen LogP contribution in [0.4, 0.5) is 13.2 Å². The van der Waals surface area contributed by atoms with Crippen molar-refractivity contribution in [2.24, 2.45) is 0 Å². The Kier molecular flexibility index (Phi) is 6.59. The van der Waals surface area contributed by atoms with E-state index in [9.17, 15) is 18.0 Å². The van der Waals surface area contributed by atoms with Crippen LogP contribution in [0.5, 0.6) is 0 Å². The lowest BCUT2D eigenvalue weighted by molar-refractivity contribution is -0.137. The topological polar surface area (TPSA) is 53.0 Å². The van der Waals surface area contributed by atoms with Crippen LogP contribution in [-0.4, -0.2) is 73.4 Å². The first-order valence-corrected chi connectivity index (χ1v) is 7.79. The van der Waals surface area contributed by atoms with Gasteiger partial charge in [-0.05, 0) is 18.2 Å². The molecule has 24 heavy (non-hydrogen) atoms. The molecule has 1 amide bonds. The number of amides is 1. The Balaban J connectivity index is 2.04. The number of nitrogens with zero attached hydrogens (tertiary/aromatic N) is 2. The summed E-state index contributed by atoms with van der Waals surface area (Å²) in [5.41, 5.74) is -0.884. The molecule has 0 saturated carbocycles. The van der Waals surface area contributed by atoms with Crippen molar-refractivity contribution in [1.29, 1.82) is 0 Å². The Morgan fingerprint density at radius 1 is 1.25 bits per heavy atom. The zero-order valence-corrected chi connectivity index (χ0v) is 13.3. The quantitative estimate of drug-likeness (QED) is 0.848. The average molecular weight is 346 g/mol. The van der Waals surface area contributed by atoms with Gasteiger partial charge in [0, 0.05) is 38.3 Å². The molecule has 1 aliphatic rings. The lowest BCUT2D eigenvalue weighted by Gasteiger charge is -2.30. The number of aliphatic hydroxyl groups is 1. The highest BCUT2D eigenvalue weighted by Crippen LogP contribution is 2.29. The summed E-state index contributed by atoms with van der Waals surface area (Å²) in [4.78, 5) is 16.0. The van der Waals surface area contributed by atoms with Gasteiger partial charge < -0.3 is 14.7 Å². The van der Waals surface area contributed by atoms with Gasteiger partial charge >= 0.3 is 6.18 Å². The van der Waals surface area contributed by atoms with Gasteiger partial charge in [0.05, 0.1) is 25.4 Å². The first-order chi connectivity index (χ1) is 11.4. The van der Waals surface area contributed by atoms with Gasteiger partial charge in [0.25, 0.3) is 5.91 Å². The smallest absolute Gasteiger partial charge is 0.395 e. The second-order valence-electron chi connectivity index (χ2n) is 5.55. The Hall–Kier alpha value is -1.64. The van der Waals surface area contributed by atoms with E-state index in [2.05, 4.69) is 4.90 Å². The number of carbonyl (C=O) groups excluding carboxylic acids is 1. The van der Waals surface area contributed by atoms with Crippen molar-refractivity contribution in [3.05, 3.63) is 35.4 Å². The van der Waals surface area contributed by atoms with E-state index in [-0.39, 0.29) is 18.7 Å². The molecule has 0 radical (unpaired) electrons. The summed E-state index contributed by atoms with van der Waals surface area (Å²) in [6.07, 6.45) is -4.49. The van der Waals surface area contributed by atoms with Crippen LogP contribution in [0.3, 0.4) is 0 Å². The van der Waals surface area contributed by atoms with E-state index in [0.29, 0.717) is 26.3 Å². The monoisotopic (exact) mass is 346 g/mol. The van der Waals surface area contributed by atoms with Crippen LogP contribution in [0.25, 0.3) is 0 Å². The molecule has 1 aromatic carbocycles. The molecule has 1 fully saturated rings. The molecule has 8 heteroatoms. The molecule has 1 saturated heterocycles. The normalized spacial score (nSPS) is 16.2. The summed E-state index contributed by atoms with van der Waals surface area (Å²) in [6, 6.07) is 4.36. The molecule has 0 spiro atoms. The van der Waals surface area contributed by atoms with E-state index in [1.54, 1.807) is 0 Å². The van der Waals surface area contributed by atoms with Crippen molar-refractivity contribution in [1.82, 2.24) is 9.80 Å². The van der Waals surface area contributed by atoms with Crippen LogP contribution < -0.4 is 0 Å². The Labute approximate surface area is 138 Å². The maximum Gasteiger partial charge on any atom is 0.416 e. The number of carbonyl (C=O) groups is 1. The number of benzene rings is 1. The maximum atomic E-state index is 12.8. The fraction of sp³-hybridized carbons (Fsp3) is 0.562. The molecule has 0 atom stereocenters. The fourth-order valence-electron chi connectivity index (χ4n) is 2.53. The summed E-state index contributed by atoms with van der Waals surface area (Å²) >= 11 is 0. The van der Waals surface area contributed by atoms with E-state index >= 15 is 0 Å². The summed E-state index contributed by atoms with van der Waals surface area (Å²) < 4.78 is 43.6. The van der Waals surface area contributed by atoms with Gasteiger partial charge in [0.1, 0.15) is 0 Å². The molecule has 0 aliphatic carbocycles. The van der Waals surface area contributed by atoms with Crippen molar-refractivity contribution >= 4 is 5.91 Å². The minimum absolute atomic E-state index is 0.0275.